The van der Waals surface area contributed by atoms with Crippen molar-refractivity contribution in [1.29, 1.82) is 0 Å². The van der Waals surface area contributed by atoms with E-state index in [0.717, 1.165) is 24.4 Å². The first-order valence-corrected chi connectivity index (χ1v) is 4.62. The van der Waals surface area contributed by atoms with E-state index in [4.69, 9.17) is 0 Å². The number of halogens is 4. The van der Waals surface area contributed by atoms with Gasteiger partial charge in [0.1, 0.15) is 11.5 Å². The van der Waals surface area contributed by atoms with Gasteiger partial charge in [-0.15, -0.1) is 0 Å². The van der Waals surface area contributed by atoms with Crippen LogP contribution in [0.25, 0.3) is 11.3 Å². The molecule has 0 N–H and O–H groups in total. The zero-order valence-electron chi connectivity index (χ0n) is 8.37. The monoisotopic (exact) mass is 242 g/mol. The molecule has 0 fully saturated rings. The smallest absolute Gasteiger partial charge is 0.256 e. The van der Waals surface area contributed by atoms with Gasteiger partial charge in [0.15, 0.2) is 0 Å². The Morgan fingerprint density at radius 1 is 0.941 bits per heavy atom. The molecule has 88 valence electrons. The van der Waals surface area contributed by atoms with Gasteiger partial charge < -0.3 is 0 Å². The van der Waals surface area contributed by atoms with Crippen molar-refractivity contribution in [3.05, 3.63) is 48.2 Å². The Labute approximate surface area is 94.0 Å². The zero-order chi connectivity index (χ0) is 12.5. The molecular formula is C11H6F4N2. The molecule has 0 aliphatic rings. The Kier molecular flexibility index (Phi) is 2.79. The van der Waals surface area contributed by atoms with Gasteiger partial charge in [-0.2, -0.15) is 13.2 Å². The number of aromatic nitrogens is 2. The zero-order valence-corrected chi connectivity index (χ0v) is 8.37. The molecule has 0 aliphatic carbocycles. The molecule has 2 aromatic heterocycles. The molecule has 0 spiro atoms. The standard InChI is InChI=1S/C11H6F4N2/c12-8-2-4-16-9(6-8)7-1-3-17-10(5-7)11(13,14)15/h1-6H. The van der Waals surface area contributed by atoms with Crippen molar-refractivity contribution in [2.75, 3.05) is 0 Å². The van der Waals surface area contributed by atoms with Crippen LogP contribution in [0.3, 0.4) is 0 Å². The van der Waals surface area contributed by atoms with Gasteiger partial charge >= 0.3 is 6.18 Å². The van der Waals surface area contributed by atoms with Crippen molar-refractivity contribution in [3.8, 4) is 11.3 Å². The van der Waals surface area contributed by atoms with Crippen LogP contribution in [0.1, 0.15) is 5.69 Å². The summed E-state index contributed by atoms with van der Waals surface area (Å²) in [6.45, 7) is 0. The van der Waals surface area contributed by atoms with Crippen molar-refractivity contribution in [2.45, 2.75) is 6.18 Å². The van der Waals surface area contributed by atoms with Crippen molar-refractivity contribution >= 4 is 0 Å². The van der Waals surface area contributed by atoms with Gasteiger partial charge in [-0.1, -0.05) is 0 Å². The maximum atomic E-state index is 12.9. The van der Waals surface area contributed by atoms with Gasteiger partial charge in [-0.3, -0.25) is 9.97 Å². The van der Waals surface area contributed by atoms with Gasteiger partial charge in [0.05, 0.1) is 5.69 Å². The minimum Gasteiger partial charge on any atom is -0.256 e. The van der Waals surface area contributed by atoms with E-state index in [1.54, 1.807) is 0 Å². The molecule has 0 radical (unpaired) electrons. The molecule has 17 heavy (non-hydrogen) atoms. The van der Waals surface area contributed by atoms with Crippen LogP contribution in [-0.4, -0.2) is 9.97 Å². The van der Waals surface area contributed by atoms with Crippen LogP contribution in [0.4, 0.5) is 17.6 Å². The lowest BCUT2D eigenvalue weighted by molar-refractivity contribution is -0.141. The third-order valence-corrected chi connectivity index (χ3v) is 2.07. The van der Waals surface area contributed by atoms with E-state index in [9.17, 15) is 17.6 Å². The molecule has 2 heterocycles. The predicted octanol–water partition coefficient (Wildman–Crippen LogP) is 3.30. The lowest BCUT2D eigenvalue weighted by Gasteiger charge is -2.07. The summed E-state index contributed by atoms with van der Waals surface area (Å²) >= 11 is 0. The Morgan fingerprint density at radius 3 is 2.29 bits per heavy atom. The maximum absolute atomic E-state index is 12.9. The summed E-state index contributed by atoms with van der Waals surface area (Å²) in [6, 6.07) is 4.36. The normalized spacial score (nSPS) is 11.5. The molecule has 2 nitrogen and oxygen atoms in total. The van der Waals surface area contributed by atoms with E-state index >= 15 is 0 Å². The number of hydrogen-bond donors (Lipinski definition) is 0. The van der Waals surface area contributed by atoms with Gasteiger partial charge in [-0.05, 0) is 18.2 Å². The summed E-state index contributed by atoms with van der Waals surface area (Å²) in [5, 5.41) is 0. The molecule has 2 rings (SSSR count). The number of alkyl halides is 3. The first-order chi connectivity index (χ1) is 7.97. The molecule has 0 atom stereocenters. The third-order valence-electron chi connectivity index (χ3n) is 2.07. The molecule has 2 aromatic rings. The third kappa shape index (κ3) is 2.58. The molecule has 0 bridgehead atoms. The highest BCUT2D eigenvalue weighted by atomic mass is 19.4. The lowest BCUT2D eigenvalue weighted by atomic mass is 10.1. The average molecular weight is 242 g/mol. The summed E-state index contributed by atoms with van der Waals surface area (Å²) in [7, 11) is 0. The van der Waals surface area contributed by atoms with Gasteiger partial charge in [0, 0.05) is 24.0 Å². The van der Waals surface area contributed by atoms with E-state index in [1.807, 2.05) is 0 Å². The number of hydrogen-bond acceptors (Lipinski definition) is 2. The Bertz CT molecular complexity index is 537. The largest absolute Gasteiger partial charge is 0.433 e. The molecule has 6 heteroatoms. The fraction of sp³-hybridized carbons (Fsp3) is 0.0909. The lowest BCUT2D eigenvalue weighted by Crippen LogP contribution is -2.07. The molecule has 0 saturated carbocycles. The van der Waals surface area contributed by atoms with E-state index < -0.39 is 17.7 Å². The summed E-state index contributed by atoms with van der Waals surface area (Å²) in [6.07, 6.45) is -2.31. The van der Waals surface area contributed by atoms with Crippen LogP contribution in [0, 0.1) is 5.82 Å². The number of pyridine rings is 2. The second-order valence-electron chi connectivity index (χ2n) is 3.29. The first-order valence-electron chi connectivity index (χ1n) is 4.62. The average Bonchev–Trinajstić information content (AvgIpc) is 2.28. The van der Waals surface area contributed by atoms with E-state index in [1.165, 1.54) is 12.3 Å². The quantitative estimate of drug-likeness (QED) is 0.717. The minimum atomic E-state index is -4.52. The molecule has 0 amide bonds. The molecule has 0 unspecified atom stereocenters. The number of rotatable bonds is 1. The first kappa shape index (κ1) is 11.5. The maximum Gasteiger partial charge on any atom is 0.433 e. The van der Waals surface area contributed by atoms with Crippen LogP contribution in [0.15, 0.2) is 36.7 Å². The van der Waals surface area contributed by atoms with Gasteiger partial charge in [0.25, 0.3) is 0 Å². The van der Waals surface area contributed by atoms with Crippen molar-refractivity contribution in [1.82, 2.24) is 9.97 Å². The van der Waals surface area contributed by atoms with Gasteiger partial charge in [-0.25, -0.2) is 4.39 Å². The second kappa shape index (κ2) is 4.12. The topological polar surface area (TPSA) is 25.8 Å². The van der Waals surface area contributed by atoms with Crippen molar-refractivity contribution in [3.63, 3.8) is 0 Å². The highest BCUT2D eigenvalue weighted by molar-refractivity contribution is 5.58. The Balaban J connectivity index is 2.47. The second-order valence-corrected chi connectivity index (χ2v) is 3.29. The van der Waals surface area contributed by atoms with Crippen LogP contribution >= 0.6 is 0 Å². The van der Waals surface area contributed by atoms with E-state index in [-0.39, 0.29) is 11.3 Å². The fourth-order valence-corrected chi connectivity index (χ4v) is 1.31. The highest BCUT2D eigenvalue weighted by Crippen LogP contribution is 2.29. The summed E-state index contributed by atoms with van der Waals surface area (Å²) < 4.78 is 50.1. The van der Waals surface area contributed by atoms with Crippen molar-refractivity contribution in [2.24, 2.45) is 0 Å². The molecule has 0 aromatic carbocycles. The summed E-state index contributed by atoms with van der Waals surface area (Å²) in [5.41, 5.74) is -0.717. The molecule has 0 saturated heterocycles. The Hall–Kier alpha value is -1.98. The molecule has 0 aliphatic heterocycles. The Morgan fingerprint density at radius 2 is 1.65 bits per heavy atom. The van der Waals surface area contributed by atoms with E-state index in [2.05, 4.69) is 9.97 Å². The summed E-state index contributed by atoms with van der Waals surface area (Å²) in [4.78, 5) is 7.01. The highest BCUT2D eigenvalue weighted by Gasteiger charge is 2.32. The molecular weight excluding hydrogens is 236 g/mol. The van der Waals surface area contributed by atoms with Gasteiger partial charge in [0.2, 0.25) is 0 Å². The minimum absolute atomic E-state index is 0.137. The number of nitrogens with zero attached hydrogens (tertiary/aromatic N) is 2. The van der Waals surface area contributed by atoms with Crippen LogP contribution in [0.2, 0.25) is 0 Å². The van der Waals surface area contributed by atoms with Crippen LogP contribution in [-0.2, 0) is 6.18 Å². The SMILES string of the molecule is Fc1ccnc(-c2ccnc(C(F)(F)F)c2)c1. The fourth-order valence-electron chi connectivity index (χ4n) is 1.31. The van der Waals surface area contributed by atoms with E-state index in [0.29, 0.717) is 0 Å². The van der Waals surface area contributed by atoms with Crippen LogP contribution in [0.5, 0.6) is 0 Å². The van der Waals surface area contributed by atoms with Crippen LogP contribution < -0.4 is 0 Å². The predicted molar refractivity (Wildman–Crippen MR) is 52.4 cm³/mol. The summed E-state index contributed by atoms with van der Waals surface area (Å²) in [5.74, 6) is -0.555. The van der Waals surface area contributed by atoms with Crippen molar-refractivity contribution < 1.29 is 17.6 Å².